The highest BCUT2D eigenvalue weighted by atomic mass is 15.2. The lowest BCUT2D eigenvalue weighted by atomic mass is 10.1. The molecule has 0 spiro atoms. The number of rotatable bonds is 24. The summed E-state index contributed by atoms with van der Waals surface area (Å²) in [4.78, 5) is 22.8. The van der Waals surface area contributed by atoms with Gasteiger partial charge in [-0.3, -0.25) is 29.7 Å². The molecule has 0 saturated carbocycles. The van der Waals surface area contributed by atoms with Crippen LogP contribution in [0.1, 0.15) is 33.9 Å². The average molecular weight is 673 g/mol. The molecule has 0 radical (unpaired) electrons. The van der Waals surface area contributed by atoms with Crippen molar-refractivity contribution in [1.29, 1.82) is 0 Å². The van der Waals surface area contributed by atoms with E-state index in [1.165, 1.54) is 11.1 Å². The maximum Gasteiger partial charge on any atom is 0.0541 e. The number of aromatic nitrogens is 4. The minimum absolute atomic E-state index is 0.773. The van der Waals surface area contributed by atoms with E-state index < -0.39 is 0 Å². The van der Waals surface area contributed by atoms with Crippen molar-refractivity contribution in [2.24, 2.45) is 0 Å². The van der Waals surface area contributed by atoms with E-state index in [2.05, 4.69) is 99.5 Å². The Bertz CT molecular complexity index is 1340. The van der Waals surface area contributed by atoms with Gasteiger partial charge in [0, 0.05) is 116 Å². The molecular formula is C40H52N10. The molecule has 0 bridgehead atoms. The minimum atomic E-state index is 0.773. The van der Waals surface area contributed by atoms with Crippen LogP contribution in [-0.2, 0) is 39.3 Å². The molecule has 10 nitrogen and oxygen atoms in total. The molecule has 50 heavy (non-hydrogen) atoms. The molecule has 0 aliphatic rings. The minimum Gasteiger partial charge on any atom is -0.310 e. The fourth-order valence-electron chi connectivity index (χ4n) is 5.63. The topological polar surface area (TPSA) is 106 Å². The molecule has 0 aliphatic carbocycles. The molecule has 1 aromatic carbocycles. The first kappa shape index (κ1) is 36.9. The smallest absolute Gasteiger partial charge is 0.0541 e. The summed E-state index contributed by atoms with van der Waals surface area (Å²) in [5.74, 6) is 0. The highest BCUT2D eigenvalue weighted by molar-refractivity contribution is 5.22. The largest absolute Gasteiger partial charge is 0.310 e. The van der Waals surface area contributed by atoms with Gasteiger partial charge in [-0.15, -0.1) is 0 Å². The molecule has 5 aromatic rings. The summed E-state index contributed by atoms with van der Waals surface area (Å²) >= 11 is 0. The molecule has 4 N–H and O–H groups in total. The molecule has 0 aliphatic heterocycles. The van der Waals surface area contributed by atoms with Gasteiger partial charge in [-0.25, -0.2) is 0 Å². The standard InChI is InChI=1S/C40H52N10/c1-5-17-45-37(9-1)29-41-21-25-49(26-22-42-30-38-10-2-6-18-46-38)33-35-13-15-36(16-14-35)34-50(27-23-43-31-39-11-3-7-19-47-39)28-24-44-32-40-12-4-8-20-48-40/h1-20,41-44H,21-34H2. The molecule has 0 atom stereocenters. The van der Waals surface area contributed by atoms with Crippen LogP contribution in [0.15, 0.2) is 122 Å². The van der Waals surface area contributed by atoms with Gasteiger partial charge in [0.05, 0.1) is 22.8 Å². The van der Waals surface area contributed by atoms with Crippen LogP contribution in [0.2, 0.25) is 0 Å². The van der Waals surface area contributed by atoms with E-state index in [1.54, 1.807) is 0 Å². The zero-order valence-corrected chi connectivity index (χ0v) is 29.1. The van der Waals surface area contributed by atoms with Gasteiger partial charge in [0.2, 0.25) is 0 Å². The van der Waals surface area contributed by atoms with Crippen molar-refractivity contribution >= 4 is 0 Å². The number of pyridine rings is 4. The van der Waals surface area contributed by atoms with Crippen molar-refractivity contribution in [2.45, 2.75) is 39.3 Å². The van der Waals surface area contributed by atoms with Crippen molar-refractivity contribution in [1.82, 2.24) is 51.0 Å². The van der Waals surface area contributed by atoms with Crippen LogP contribution < -0.4 is 21.3 Å². The first-order valence-corrected chi connectivity index (χ1v) is 17.8. The Hall–Kier alpha value is -4.42. The third kappa shape index (κ3) is 14.6. The molecule has 0 unspecified atom stereocenters. The van der Waals surface area contributed by atoms with E-state index >= 15 is 0 Å². The summed E-state index contributed by atoms with van der Waals surface area (Å²) in [7, 11) is 0. The summed E-state index contributed by atoms with van der Waals surface area (Å²) in [5, 5.41) is 14.3. The summed E-state index contributed by atoms with van der Waals surface area (Å²) in [6.07, 6.45) is 7.39. The second-order valence-corrected chi connectivity index (χ2v) is 12.4. The lowest BCUT2D eigenvalue weighted by Gasteiger charge is -2.24. The fourth-order valence-corrected chi connectivity index (χ4v) is 5.63. The van der Waals surface area contributed by atoms with Crippen LogP contribution in [-0.4, -0.2) is 82.1 Å². The SMILES string of the molecule is c1ccc(CNCCN(CCNCc2ccccn2)Cc2ccc(CN(CCNCc3ccccn3)CCNCc3ccccn3)cc2)nc1. The van der Waals surface area contributed by atoms with Gasteiger partial charge in [0.25, 0.3) is 0 Å². The van der Waals surface area contributed by atoms with Crippen LogP contribution in [0.25, 0.3) is 0 Å². The van der Waals surface area contributed by atoms with E-state index in [1.807, 2.05) is 73.3 Å². The van der Waals surface area contributed by atoms with Gasteiger partial charge in [0.15, 0.2) is 0 Å². The molecule has 0 saturated heterocycles. The molecule has 262 valence electrons. The fraction of sp³-hybridized carbons (Fsp3) is 0.350. The lowest BCUT2D eigenvalue weighted by molar-refractivity contribution is 0.261. The number of hydrogen-bond donors (Lipinski definition) is 4. The zero-order valence-electron chi connectivity index (χ0n) is 29.1. The molecular weight excluding hydrogens is 621 g/mol. The van der Waals surface area contributed by atoms with Crippen LogP contribution >= 0.6 is 0 Å². The summed E-state index contributed by atoms with van der Waals surface area (Å²) < 4.78 is 0. The molecule has 10 heteroatoms. The van der Waals surface area contributed by atoms with E-state index in [-0.39, 0.29) is 0 Å². The maximum atomic E-state index is 4.44. The third-order valence-corrected chi connectivity index (χ3v) is 8.38. The highest BCUT2D eigenvalue weighted by Crippen LogP contribution is 2.10. The van der Waals surface area contributed by atoms with E-state index in [4.69, 9.17) is 0 Å². The van der Waals surface area contributed by atoms with Crippen LogP contribution in [0, 0.1) is 0 Å². The first-order valence-electron chi connectivity index (χ1n) is 17.8. The molecule has 4 aromatic heterocycles. The predicted octanol–water partition coefficient (Wildman–Crippen LogP) is 4.03. The lowest BCUT2D eigenvalue weighted by Crippen LogP contribution is -2.37. The number of nitrogens with one attached hydrogen (secondary N) is 4. The normalized spacial score (nSPS) is 11.4. The number of benzene rings is 1. The van der Waals surface area contributed by atoms with Gasteiger partial charge >= 0.3 is 0 Å². The van der Waals surface area contributed by atoms with Gasteiger partial charge in [-0.2, -0.15) is 0 Å². The Balaban J connectivity index is 1.11. The quantitative estimate of drug-likeness (QED) is 0.0719. The Morgan fingerprint density at radius 3 is 0.880 bits per heavy atom. The Morgan fingerprint density at radius 2 is 0.640 bits per heavy atom. The Morgan fingerprint density at radius 1 is 0.360 bits per heavy atom. The van der Waals surface area contributed by atoms with E-state index in [0.717, 1.165) is 114 Å². The maximum absolute atomic E-state index is 4.44. The third-order valence-electron chi connectivity index (χ3n) is 8.38. The summed E-state index contributed by atoms with van der Waals surface area (Å²) in [6, 6.07) is 33.4. The number of hydrogen-bond acceptors (Lipinski definition) is 10. The van der Waals surface area contributed by atoms with Gasteiger partial charge in [-0.05, 0) is 59.7 Å². The second kappa shape index (κ2) is 22.3. The van der Waals surface area contributed by atoms with Gasteiger partial charge in [0.1, 0.15) is 0 Å². The molecule has 5 rings (SSSR count). The molecule has 0 fully saturated rings. The summed E-state index contributed by atoms with van der Waals surface area (Å²) in [6.45, 7) is 12.3. The van der Waals surface area contributed by atoms with Gasteiger partial charge < -0.3 is 21.3 Å². The predicted molar refractivity (Wildman–Crippen MR) is 201 cm³/mol. The van der Waals surface area contributed by atoms with E-state index in [9.17, 15) is 0 Å². The van der Waals surface area contributed by atoms with Crippen molar-refractivity contribution in [3.05, 3.63) is 156 Å². The summed E-state index contributed by atoms with van der Waals surface area (Å²) in [5.41, 5.74) is 6.90. The Labute approximate surface area is 297 Å². The van der Waals surface area contributed by atoms with E-state index in [0.29, 0.717) is 0 Å². The van der Waals surface area contributed by atoms with Crippen molar-refractivity contribution in [2.75, 3.05) is 52.4 Å². The van der Waals surface area contributed by atoms with Crippen molar-refractivity contribution < 1.29 is 0 Å². The van der Waals surface area contributed by atoms with Crippen molar-refractivity contribution in [3.63, 3.8) is 0 Å². The number of nitrogens with zero attached hydrogens (tertiary/aromatic N) is 6. The first-order chi connectivity index (χ1) is 24.8. The average Bonchev–Trinajstić information content (AvgIpc) is 3.17. The Kier molecular flexibility index (Phi) is 16.5. The monoisotopic (exact) mass is 672 g/mol. The van der Waals surface area contributed by atoms with Crippen LogP contribution in [0.4, 0.5) is 0 Å². The zero-order chi connectivity index (χ0) is 34.3. The van der Waals surface area contributed by atoms with Crippen LogP contribution in [0.3, 0.4) is 0 Å². The van der Waals surface area contributed by atoms with Crippen LogP contribution in [0.5, 0.6) is 0 Å². The molecule has 4 heterocycles. The van der Waals surface area contributed by atoms with Gasteiger partial charge in [-0.1, -0.05) is 48.5 Å². The second-order valence-electron chi connectivity index (χ2n) is 12.4. The van der Waals surface area contributed by atoms with Crippen molar-refractivity contribution in [3.8, 4) is 0 Å². The molecule has 0 amide bonds. The highest BCUT2D eigenvalue weighted by Gasteiger charge is 2.10.